The van der Waals surface area contributed by atoms with Crippen LogP contribution in [0.5, 0.6) is 0 Å². The van der Waals surface area contributed by atoms with Crippen LogP contribution < -0.4 is 5.32 Å². The number of amides is 2. The van der Waals surface area contributed by atoms with Crippen molar-refractivity contribution in [3.8, 4) is 0 Å². The highest BCUT2D eigenvalue weighted by molar-refractivity contribution is 7.09. The van der Waals surface area contributed by atoms with E-state index in [0.717, 1.165) is 5.56 Å². The average molecular weight is 309 g/mol. The summed E-state index contributed by atoms with van der Waals surface area (Å²) in [6.45, 7) is 2.18. The molecule has 2 rings (SSSR count). The number of aromatic carboxylic acids is 1. The third-order valence-corrected chi connectivity index (χ3v) is 3.83. The predicted molar refractivity (Wildman–Crippen MR) is 76.2 cm³/mol. The molecule has 0 radical (unpaired) electrons. The number of hydrogen-bond donors (Lipinski definition) is 2. The number of carbonyl (C=O) groups excluding carboxylic acids is 1. The van der Waals surface area contributed by atoms with Crippen molar-refractivity contribution < 1.29 is 19.1 Å². The predicted octanol–water partition coefficient (Wildman–Crippen LogP) is 2.34. The number of hydrogen-bond acceptors (Lipinski definition) is 5. The second-order valence-electron chi connectivity index (χ2n) is 4.53. The third kappa shape index (κ3) is 3.82. The highest BCUT2D eigenvalue weighted by Gasteiger charge is 2.18. The summed E-state index contributed by atoms with van der Waals surface area (Å²) in [5.74, 6) is -1.08. The molecule has 21 heavy (non-hydrogen) atoms. The minimum absolute atomic E-state index is 0.0112. The first-order valence-electron chi connectivity index (χ1n) is 6.18. The van der Waals surface area contributed by atoms with Crippen LogP contribution in [0.2, 0.25) is 0 Å². The van der Waals surface area contributed by atoms with Gasteiger partial charge in [0.1, 0.15) is 5.01 Å². The Morgan fingerprint density at radius 3 is 2.90 bits per heavy atom. The van der Waals surface area contributed by atoms with E-state index >= 15 is 0 Å². The van der Waals surface area contributed by atoms with Crippen molar-refractivity contribution in [2.45, 2.75) is 19.5 Å². The summed E-state index contributed by atoms with van der Waals surface area (Å²) < 4.78 is 4.95. The molecule has 112 valence electrons. The van der Waals surface area contributed by atoms with Crippen LogP contribution in [0.4, 0.5) is 4.79 Å². The molecule has 0 fully saturated rings. The van der Waals surface area contributed by atoms with Crippen molar-refractivity contribution in [1.29, 1.82) is 0 Å². The second kappa shape index (κ2) is 6.40. The smallest absolute Gasteiger partial charge is 0.355 e. The lowest BCUT2D eigenvalue weighted by Gasteiger charge is -2.19. The van der Waals surface area contributed by atoms with Crippen molar-refractivity contribution in [2.75, 3.05) is 7.05 Å². The van der Waals surface area contributed by atoms with Gasteiger partial charge in [0.25, 0.3) is 0 Å². The van der Waals surface area contributed by atoms with Crippen LogP contribution in [0.1, 0.15) is 34.0 Å². The monoisotopic (exact) mass is 309 g/mol. The van der Waals surface area contributed by atoms with Crippen molar-refractivity contribution >= 4 is 23.3 Å². The van der Waals surface area contributed by atoms with E-state index in [9.17, 15) is 9.59 Å². The third-order valence-electron chi connectivity index (χ3n) is 2.80. The van der Waals surface area contributed by atoms with Gasteiger partial charge in [-0.3, -0.25) is 0 Å². The van der Waals surface area contributed by atoms with Crippen LogP contribution in [0.15, 0.2) is 28.4 Å². The summed E-state index contributed by atoms with van der Waals surface area (Å²) >= 11 is 1.20. The maximum Gasteiger partial charge on any atom is 0.355 e. The van der Waals surface area contributed by atoms with E-state index in [1.54, 1.807) is 32.6 Å². The fourth-order valence-electron chi connectivity index (χ4n) is 1.67. The van der Waals surface area contributed by atoms with E-state index in [4.69, 9.17) is 9.52 Å². The van der Waals surface area contributed by atoms with Gasteiger partial charge < -0.3 is 19.7 Å². The maximum atomic E-state index is 12.0. The van der Waals surface area contributed by atoms with E-state index in [0.29, 0.717) is 11.6 Å². The zero-order chi connectivity index (χ0) is 15.4. The molecule has 2 aromatic rings. The van der Waals surface area contributed by atoms with Gasteiger partial charge in [0.2, 0.25) is 0 Å². The van der Waals surface area contributed by atoms with Crippen LogP contribution >= 0.6 is 11.3 Å². The molecule has 1 unspecified atom stereocenters. The molecule has 0 aliphatic heterocycles. The van der Waals surface area contributed by atoms with E-state index < -0.39 is 5.97 Å². The highest BCUT2D eigenvalue weighted by atomic mass is 32.1. The number of carbonyl (C=O) groups is 2. The zero-order valence-electron chi connectivity index (χ0n) is 11.6. The lowest BCUT2D eigenvalue weighted by molar-refractivity contribution is 0.0691. The molecule has 0 aliphatic carbocycles. The highest BCUT2D eigenvalue weighted by Crippen LogP contribution is 2.18. The molecular formula is C13H15N3O4S. The summed E-state index contributed by atoms with van der Waals surface area (Å²) in [5, 5.41) is 13.6. The Bertz CT molecular complexity index is 623. The van der Waals surface area contributed by atoms with E-state index in [1.165, 1.54) is 21.6 Å². The van der Waals surface area contributed by atoms with Gasteiger partial charge in [-0.1, -0.05) is 0 Å². The first kappa shape index (κ1) is 15.0. The number of carboxylic acids is 1. The second-order valence-corrected chi connectivity index (χ2v) is 5.42. The van der Waals surface area contributed by atoms with Crippen molar-refractivity contribution in [3.63, 3.8) is 0 Å². The Labute approximate surface area is 125 Å². The Hall–Kier alpha value is -2.35. The summed E-state index contributed by atoms with van der Waals surface area (Å²) in [6, 6.07) is 1.16. The van der Waals surface area contributed by atoms with Gasteiger partial charge in [0, 0.05) is 18.0 Å². The number of nitrogens with zero attached hydrogens (tertiary/aromatic N) is 2. The van der Waals surface area contributed by atoms with E-state index in [1.807, 2.05) is 0 Å². The Kier molecular flexibility index (Phi) is 4.59. The molecule has 0 spiro atoms. The molecule has 2 amide bonds. The lowest BCUT2D eigenvalue weighted by Crippen LogP contribution is -2.38. The SMILES string of the molecule is CC(NC(=O)N(C)Cc1ccoc1)c1nc(C(=O)O)cs1. The molecule has 7 nitrogen and oxygen atoms in total. The molecule has 2 aromatic heterocycles. The topological polar surface area (TPSA) is 95.7 Å². The average Bonchev–Trinajstić information content (AvgIpc) is 3.09. The molecule has 2 N–H and O–H groups in total. The van der Waals surface area contributed by atoms with Gasteiger partial charge in [-0.25, -0.2) is 14.6 Å². The Morgan fingerprint density at radius 1 is 1.57 bits per heavy atom. The van der Waals surface area contributed by atoms with Crippen LogP contribution in [-0.4, -0.2) is 34.0 Å². The standard InChI is InChI=1S/C13H15N3O4S/c1-8(11-15-10(7-21-11)12(17)18)14-13(19)16(2)5-9-3-4-20-6-9/h3-4,6-8H,5H2,1-2H3,(H,14,19)(H,17,18). The molecule has 8 heteroatoms. The van der Waals surface area contributed by atoms with Crippen LogP contribution in [0, 0.1) is 0 Å². The van der Waals surface area contributed by atoms with Crippen LogP contribution in [0.3, 0.4) is 0 Å². The number of thiazole rings is 1. The molecule has 0 saturated carbocycles. The van der Waals surface area contributed by atoms with E-state index in [-0.39, 0.29) is 17.8 Å². The van der Waals surface area contributed by atoms with Gasteiger partial charge in [0.05, 0.1) is 25.1 Å². The van der Waals surface area contributed by atoms with Crippen molar-refractivity contribution in [3.05, 3.63) is 40.2 Å². The van der Waals surface area contributed by atoms with Crippen LogP contribution in [-0.2, 0) is 6.54 Å². The first-order chi connectivity index (χ1) is 9.97. The Balaban J connectivity index is 1.93. The summed E-state index contributed by atoms with van der Waals surface area (Å²) in [7, 11) is 1.67. The Morgan fingerprint density at radius 2 is 2.33 bits per heavy atom. The number of aromatic nitrogens is 1. The zero-order valence-corrected chi connectivity index (χ0v) is 12.4. The lowest BCUT2D eigenvalue weighted by atomic mass is 10.3. The van der Waals surface area contributed by atoms with Gasteiger partial charge in [0.15, 0.2) is 5.69 Å². The molecule has 0 saturated heterocycles. The molecule has 0 bridgehead atoms. The normalized spacial score (nSPS) is 11.9. The number of nitrogens with one attached hydrogen (secondary N) is 1. The number of furan rings is 1. The van der Waals surface area contributed by atoms with Gasteiger partial charge in [-0.05, 0) is 13.0 Å². The fourth-order valence-corrected chi connectivity index (χ4v) is 2.47. The van der Waals surface area contributed by atoms with Crippen molar-refractivity contribution in [1.82, 2.24) is 15.2 Å². The summed E-state index contributed by atoms with van der Waals surface area (Å²) in [5.41, 5.74) is 0.880. The van der Waals surface area contributed by atoms with Gasteiger partial charge in [-0.15, -0.1) is 11.3 Å². The first-order valence-corrected chi connectivity index (χ1v) is 7.06. The molecular weight excluding hydrogens is 294 g/mol. The van der Waals surface area contributed by atoms with Gasteiger partial charge >= 0.3 is 12.0 Å². The molecule has 1 atom stereocenters. The van der Waals surface area contributed by atoms with Crippen molar-refractivity contribution in [2.24, 2.45) is 0 Å². The number of carboxylic acid groups (broad SMARTS) is 1. The fraction of sp³-hybridized carbons (Fsp3) is 0.308. The van der Waals surface area contributed by atoms with E-state index in [2.05, 4.69) is 10.3 Å². The van der Waals surface area contributed by atoms with Crippen LogP contribution in [0.25, 0.3) is 0 Å². The van der Waals surface area contributed by atoms with Gasteiger partial charge in [-0.2, -0.15) is 0 Å². The quantitative estimate of drug-likeness (QED) is 0.883. The minimum atomic E-state index is -1.08. The minimum Gasteiger partial charge on any atom is -0.476 e. The summed E-state index contributed by atoms with van der Waals surface area (Å²) in [4.78, 5) is 28.3. The largest absolute Gasteiger partial charge is 0.476 e. The number of rotatable bonds is 5. The number of urea groups is 1. The summed E-state index contributed by atoms with van der Waals surface area (Å²) in [6.07, 6.45) is 3.12. The molecule has 0 aromatic carbocycles. The maximum absolute atomic E-state index is 12.0. The molecule has 2 heterocycles. The molecule has 0 aliphatic rings.